The first-order valence-electron chi connectivity index (χ1n) is 5.72. The molecule has 0 atom stereocenters. The Balaban J connectivity index is 3.10. The summed E-state index contributed by atoms with van der Waals surface area (Å²) in [5, 5.41) is -0.407. The Kier molecular flexibility index (Phi) is 4.04. The molecule has 2 aromatic rings. The molecule has 0 bridgehead atoms. The van der Waals surface area contributed by atoms with Crippen molar-refractivity contribution >= 4 is 41.1 Å². The number of benzene rings is 2. The van der Waals surface area contributed by atoms with Crippen LogP contribution in [0.1, 0.15) is 5.56 Å². The van der Waals surface area contributed by atoms with E-state index >= 15 is 0 Å². The lowest BCUT2D eigenvalue weighted by molar-refractivity contribution is 0.479. The van der Waals surface area contributed by atoms with Crippen LogP contribution in [-0.4, -0.2) is 38.9 Å². The molecule has 0 aromatic heterocycles. The van der Waals surface area contributed by atoms with Crippen LogP contribution in [0.15, 0.2) is 39.0 Å². The van der Waals surface area contributed by atoms with E-state index in [4.69, 9.17) is 9.11 Å². The second kappa shape index (κ2) is 5.22. The van der Waals surface area contributed by atoms with Crippen LogP contribution in [0.4, 0.5) is 0 Å². The van der Waals surface area contributed by atoms with Crippen molar-refractivity contribution in [3.63, 3.8) is 0 Å². The van der Waals surface area contributed by atoms with Crippen LogP contribution in [0.25, 0.3) is 10.8 Å². The van der Waals surface area contributed by atoms with E-state index in [0.717, 1.165) is 18.2 Å². The van der Waals surface area contributed by atoms with Crippen molar-refractivity contribution in [2.45, 2.75) is 21.6 Å². The molecule has 0 aliphatic heterocycles. The average Bonchev–Trinajstić information content (AvgIpc) is 2.32. The summed E-state index contributed by atoms with van der Waals surface area (Å²) in [4.78, 5) is -2.26. The third-order valence-corrected chi connectivity index (χ3v) is 5.76. The molecule has 3 N–H and O–H groups in total. The van der Waals surface area contributed by atoms with Crippen molar-refractivity contribution in [1.82, 2.24) is 0 Å². The quantitative estimate of drug-likeness (QED) is 0.654. The molecule has 12 heteroatoms. The Morgan fingerprint density at radius 1 is 0.696 bits per heavy atom. The first kappa shape index (κ1) is 17.8. The lowest BCUT2D eigenvalue weighted by Crippen LogP contribution is -2.06. The lowest BCUT2D eigenvalue weighted by atomic mass is 10.1. The highest BCUT2D eigenvalue weighted by molar-refractivity contribution is 7.87. The highest BCUT2D eigenvalue weighted by Crippen LogP contribution is 2.31. The smallest absolute Gasteiger partial charge is 0.282 e. The third-order valence-electron chi connectivity index (χ3n) is 3.04. The summed E-state index contributed by atoms with van der Waals surface area (Å²) in [6.07, 6.45) is 0. The van der Waals surface area contributed by atoms with Crippen molar-refractivity contribution in [3.8, 4) is 0 Å². The molecule has 126 valence electrons. The van der Waals surface area contributed by atoms with Gasteiger partial charge in [0.05, 0.1) is 9.79 Å². The maximum Gasteiger partial charge on any atom is 0.295 e. The Labute approximate surface area is 131 Å². The topological polar surface area (TPSA) is 163 Å². The van der Waals surface area contributed by atoms with Gasteiger partial charge in [-0.1, -0.05) is 0 Å². The summed E-state index contributed by atoms with van der Waals surface area (Å²) in [6.45, 7) is 1.27. The van der Waals surface area contributed by atoms with Gasteiger partial charge in [0.1, 0.15) is 4.90 Å². The first-order valence-corrected chi connectivity index (χ1v) is 10.0. The average molecular weight is 382 g/mol. The SMILES string of the molecule is Cc1cc2c(S(=O)(=O)O)cc(S(=O)(=O)O)cc2cc1S(=O)(=O)O. The molecule has 0 saturated carbocycles. The Morgan fingerprint density at radius 2 is 1.22 bits per heavy atom. The van der Waals surface area contributed by atoms with E-state index in [9.17, 15) is 29.8 Å². The highest BCUT2D eigenvalue weighted by Gasteiger charge is 2.23. The van der Waals surface area contributed by atoms with E-state index in [1.807, 2.05) is 0 Å². The van der Waals surface area contributed by atoms with E-state index in [2.05, 4.69) is 0 Å². The molecular weight excluding hydrogens is 372 g/mol. The summed E-state index contributed by atoms with van der Waals surface area (Å²) in [5.74, 6) is 0. The molecule has 0 unspecified atom stereocenters. The zero-order valence-electron chi connectivity index (χ0n) is 11.3. The van der Waals surface area contributed by atoms with Gasteiger partial charge in [0.25, 0.3) is 30.4 Å². The predicted octanol–water partition coefficient (Wildman–Crippen LogP) is 0.888. The Hall–Kier alpha value is -1.57. The summed E-state index contributed by atoms with van der Waals surface area (Å²) < 4.78 is 95.3. The molecule has 0 saturated heterocycles. The van der Waals surface area contributed by atoms with Gasteiger partial charge in [-0.2, -0.15) is 25.3 Å². The minimum Gasteiger partial charge on any atom is -0.282 e. The monoisotopic (exact) mass is 382 g/mol. The fourth-order valence-electron chi connectivity index (χ4n) is 2.08. The Morgan fingerprint density at radius 3 is 1.65 bits per heavy atom. The normalized spacial score (nSPS) is 13.4. The number of aryl methyl sites for hydroxylation is 1. The molecule has 0 amide bonds. The van der Waals surface area contributed by atoms with Crippen LogP contribution >= 0.6 is 0 Å². The van der Waals surface area contributed by atoms with Crippen LogP contribution in [0.5, 0.6) is 0 Å². The number of fused-ring (bicyclic) bond motifs is 1. The molecule has 0 fully saturated rings. The van der Waals surface area contributed by atoms with Crippen LogP contribution in [0, 0.1) is 6.92 Å². The van der Waals surface area contributed by atoms with Crippen LogP contribution in [0.3, 0.4) is 0 Å². The number of hydrogen-bond acceptors (Lipinski definition) is 6. The van der Waals surface area contributed by atoms with Crippen molar-refractivity contribution < 1.29 is 38.9 Å². The van der Waals surface area contributed by atoms with Gasteiger partial charge in [-0.3, -0.25) is 13.7 Å². The molecule has 0 heterocycles. The molecule has 9 nitrogen and oxygen atoms in total. The minimum absolute atomic E-state index is 0.0236. The van der Waals surface area contributed by atoms with Crippen molar-refractivity contribution in [2.24, 2.45) is 0 Å². The maximum absolute atomic E-state index is 11.4. The molecule has 0 spiro atoms. The summed E-state index contributed by atoms with van der Waals surface area (Å²) in [5.41, 5.74) is -0.0236. The zero-order valence-corrected chi connectivity index (χ0v) is 13.8. The predicted molar refractivity (Wildman–Crippen MR) is 78.1 cm³/mol. The van der Waals surface area contributed by atoms with Crippen LogP contribution in [0.2, 0.25) is 0 Å². The molecule has 0 aliphatic carbocycles. The largest absolute Gasteiger partial charge is 0.295 e. The molecule has 2 aromatic carbocycles. The fraction of sp³-hybridized carbons (Fsp3) is 0.0909. The fourth-order valence-corrected chi connectivity index (χ4v) is 4.17. The molecule has 0 aliphatic rings. The second-order valence-electron chi connectivity index (χ2n) is 4.69. The van der Waals surface area contributed by atoms with Gasteiger partial charge in [-0.05, 0) is 42.1 Å². The van der Waals surface area contributed by atoms with Gasteiger partial charge in [-0.25, -0.2) is 0 Å². The van der Waals surface area contributed by atoms with E-state index in [1.165, 1.54) is 6.92 Å². The van der Waals surface area contributed by atoms with Gasteiger partial charge in [0.2, 0.25) is 0 Å². The van der Waals surface area contributed by atoms with Crippen LogP contribution < -0.4 is 0 Å². The summed E-state index contributed by atoms with van der Waals surface area (Å²) in [6, 6.07) is 3.24. The number of rotatable bonds is 3. The van der Waals surface area contributed by atoms with Gasteiger partial charge >= 0.3 is 0 Å². The number of hydrogen-bond donors (Lipinski definition) is 3. The summed E-state index contributed by atoms with van der Waals surface area (Å²) >= 11 is 0. The molecule has 23 heavy (non-hydrogen) atoms. The zero-order chi connectivity index (χ0) is 17.8. The van der Waals surface area contributed by atoms with Gasteiger partial charge < -0.3 is 0 Å². The van der Waals surface area contributed by atoms with Crippen molar-refractivity contribution in [1.29, 1.82) is 0 Å². The standard InChI is InChI=1S/C11H10O9S3/c1-6-2-9-7(4-10(6)22(15,16)17)3-8(21(12,13)14)5-11(9)23(18,19)20/h2-5H,1H3,(H,12,13,14)(H,15,16,17)(H,18,19,20). The summed E-state index contributed by atoms with van der Waals surface area (Å²) in [7, 11) is -14.3. The Bertz CT molecular complexity index is 1130. The van der Waals surface area contributed by atoms with Crippen LogP contribution in [-0.2, 0) is 30.4 Å². The van der Waals surface area contributed by atoms with Crippen molar-refractivity contribution in [3.05, 3.63) is 29.8 Å². The maximum atomic E-state index is 11.4. The second-order valence-corrected chi connectivity index (χ2v) is 8.89. The molecular formula is C11H10O9S3. The van der Waals surface area contributed by atoms with Crippen molar-refractivity contribution in [2.75, 3.05) is 0 Å². The van der Waals surface area contributed by atoms with Gasteiger partial charge in [0.15, 0.2) is 0 Å². The van der Waals surface area contributed by atoms with E-state index in [-0.39, 0.29) is 16.3 Å². The lowest BCUT2D eigenvalue weighted by Gasteiger charge is -2.10. The van der Waals surface area contributed by atoms with Gasteiger partial charge in [-0.15, -0.1) is 0 Å². The minimum atomic E-state index is -4.86. The first-order chi connectivity index (χ1) is 10.2. The van der Waals surface area contributed by atoms with E-state index < -0.39 is 45.0 Å². The van der Waals surface area contributed by atoms with E-state index in [0.29, 0.717) is 6.07 Å². The van der Waals surface area contributed by atoms with E-state index in [1.54, 1.807) is 0 Å². The molecule has 2 rings (SSSR count). The molecule has 0 radical (unpaired) electrons. The van der Waals surface area contributed by atoms with Gasteiger partial charge in [0, 0.05) is 5.39 Å². The third kappa shape index (κ3) is 3.52. The highest BCUT2D eigenvalue weighted by atomic mass is 32.2.